The van der Waals surface area contributed by atoms with Gasteiger partial charge in [0, 0.05) is 18.0 Å². The topological polar surface area (TPSA) is 63.1 Å². The number of carboxylic acids is 1. The molecular weight excluding hydrogens is 336 g/mol. The van der Waals surface area contributed by atoms with Gasteiger partial charge in [0.25, 0.3) is 0 Å². The highest BCUT2D eigenvalue weighted by atomic mass is 16.4. The van der Waals surface area contributed by atoms with Gasteiger partial charge in [-0.05, 0) is 23.3 Å². The van der Waals surface area contributed by atoms with Gasteiger partial charge in [-0.25, -0.2) is 14.8 Å². The van der Waals surface area contributed by atoms with Crippen LogP contribution in [0.25, 0.3) is 22.5 Å². The van der Waals surface area contributed by atoms with Gasteiger partial charge in [-0.2, -0.15) is 0 Å². The lowest BCUT2D eigenvalue weighted by Gasteiger charge is -2.05. The van der Waals surface area contributed by atoms with E-state index in [2.05, 4.69) is 9.97 Å². The van der Waals surface area contributed by atoms with Gasteiger partial charge >= 0.3 is 5.97 Å². The molecule has 0 aliphatic carbocycles. The molecule has 3 aromatic carbocycles. The maximum absolute atomic E-state index is 11.0. The molecule has 4 nitrogen and oxygen atoms in total. The first kappa shape index (κ1) is 18.0. The summed E-state index contributed by atoms with van der Waals surface area (Å²) in [4.78, 5) is 19.3. The van der Waals surface area contributed by atoms with E-state index < -0.39 is 5.97 Å². The van der Waals surface area contributed by atoms with E-state index in [0.29, 0.717) is 5.56 Å². The van der Waals surface area contributed by atoms with E-state index in [1.807, 2.05) is 78.9 Å². The van der Waals surface area contributed by atoms with Crippen molar-refractivity contribution in [1.29, 1.82) is 0 Å². The first-order valence-corrected chi connectivity index (χ1v) is 8.46. The number of hydrogen-bond donors (Lipinski definition) is 1. The van der Waals surface area contributed by atoms with Gasteiger partial charge < -0.3 is 5.11 Å². The molecule has 1 N–H and O–H groups in total. The van der Waals surface area contributed by atoms with Crippen LogP contribution in [-0.2, 0) is 0 Å². The quantitative estimate of drug-likeness (QED) is 0.549. The van der Waals surface area contributed by atoms with Gasteiger partial charge in [0.05, 0.1) is 5.56 Å². The van der Waals surface area contributed by atoms with Crippen molar-refractivity contribution in [3.63, 3.8) is 0 Å². The summed E-state index contributed by atoms with van der Waals surface area (Å²) >= 11 is 0. The highest BCUT2D eigenvalue weighted by molar-refractivity contribution is 5.95. The van der Waals surface area contributed by atoms with Gasteiger partial charge in [-0.1, -0.05) is 78.9 Å². The summed E-state index contributed by atoms with van der Waals surface area (Å²) in [7, 11) is 0. The zero-order valence-corrected chi connectivity index (χ0v) is 14.6. The Balaban J connectivity index is 0.000000159. The third-order valence-electron chi connectivity index (χ3n) is 3.84. The summed E-state index contributed by atoms with van der Waals surface area (Å²) in [5, 5.41) is 9.03. The zero-order chi connectivity index (χ0) is 18.9. The first-order valence-electron chi connectivity index (χ1n) is 8.46. The van der Waals surface area contributed by atoms with Crippen LogP contribution in [0.4, 0.5) is 0 Å². The number of carboxylic acid groups (broad SMARTS) is 1. The van der Waals surface area contributed by atoms with Gasteiger partial charge in [-0.3, -0.25) is 0 Å². The number of nitrogens with zero attached hydrogens (tertiary/aromatic N) is 2. The first-order chi connectivity index (χ1) is 13.3. The van der Waals surface area contributed by atoms with Crippen molar-refractivity contribution in [3.8, 4) is 22.5 Å². The summed E-state index contributed by atoms with van der Waals surface area (Å²) in [6, 6.07) is 28.3. The highest BCUT2D eigenvalue weighted by Crippen LogP contribution is 2.23. The molecule has 4 aromatic rings. The van der Waals surface area contributed by atoms with Crippen LogP contribution in [-0.4, -0.2) is 21.0 Å². The number of benzene rings is 3. The van der Waals surface area contributed by atoms with Gasteiger partial charge in [0.15, 0.2) is 5.82 Å². The third-order valence-corrected chi connectivity index (χ3v) is 3.84. The minimum atomic E-state index is -0.894. The van der Waals surface area contributed by atoms with Crippen LogP contribution >= 0.6 is 0 Å². The van der Waals surface area contributed by atoms with Crippen molar-refractivity contribution in [2.75, 3.05) is 0 Å². The van der Waals surface area contributed by atoms with Gasteiger partial charge in [-0.15, -0.1) is 0 Å². The number of aromatic carboxylic acids is 1. The molecule has 132 valence electrons. The van der Waals surface area contributed by atoms with Crippen LogP contribution in [0, 0.1) is 0 Å². The van der Waals surface area contributed by atoms with Crippen molar-refractivity contribution < 1.29 is 9.90 Å². The lowest BCUT2D eigenvalue weighted by molar-refractivity contribution is 0.0697. The SMILES string of the molecule is O=C(O)c1ccccc1-c1ccccc1.c1ccc(-c2ncccn2)cc1. The van der Waals surface area contributed by atoms with Gasteiger partial charge in [0.2, 0.25) is 0 Å². The summed E-state index contributed by atoms with van der Waals surface area (Å²) in [5.74, 6) is -0.118. The molecule has 1 heterocycles. The molecule has 4 rings (SSSR count). The fourth-order valence-electron chi connectivity index (χ4n) is 2.57. The number of hydrogen-bond acceptors (Lipinski definition) is 3. The molecule has 4 heteroatoms. The maximum atomic E-state index is 11.0. The number of rotatable bonds is 3. The van der Waals surface area contributed by atoms with Crippen molar-refractivity contribution in [3.05, 3.63) is 109 Å². The fraction of sp³-hybridized carbons (Fsp3) is 0. The van der Waals surface area contributed by atoms with Crippen molar-refractivity contribution in [2.45, 2.75) is 0 Å². The Hall–Kier alpha value is -3.79. The molecule has 0 saturated carbocycles. The zero-order valence-electron chi connectivity index (χ0n) is 14.6. The Morgan fingerprint density at radius 2 is 1.15 bits per heavy atom. The Morgan fingerprint density at radius 1 is 0.630 bits per heavy atom. The predicted octanol–water partition coefficient (Wildman–Crippen LogP) is 5.20. The summed E-state index contributed by atoms with van der Waals surface area (Å²) in [6.45, 7) is 0. The lowest BCUT2D eigenvalue weighted by Crippen LogP contribution is -1.98. The minimum Gasteiger partial charge on any atom is -0.478 e. The second kappa shape index (κ2) is 9.06. The number of aromatic nitrogens is 2. The Kier molecular flexibility index (Phi) is 6.04. The summed E-state index contributed by atoms with van der Waals surface area (Å²) in [6.07, 6.45) is 3.49. The highest BCUT2D eigenvalue weighted by Gasteiger charge is 2.09. The van der Waals surface area contributed by atoms with Crippen molar-refractivity contribution in [1.82, 2.24) is 9.97 Å². The average molecular weight is 354 g/mol. The molecular formula is C23H18N2O2. The van der Waals surface area contributed by atoms with E-state index in [0.717, 1.165) is 22.5 Å². The summed E-state index contributed by atoms with van der Waals surface area (Å²) in [5.41, 5.74) is 3.07. The smallest absolute Gasteiger partial charge is 0.336 e. The number of carbonyl (C=O) groups is 1. The standard InChI is InChI=1S/C13H10O2.C10H8N2/c14-13(15)12-9-5-4-8-11(12)10-6-2-1-3-7-10;1-2-5-9(6-3-1)10-11-7-4-8-12-10/h1-9H,(H,14,15);1-8H. The Bertz CT molecular complexity index is 951. The molecule has 0 spiro atoms. The molecule has 0 radical (unpaired) electrons. The van der Waals surface area contributed by atoms with E-state index in [9.17, 15) is 4.79 Å². The van der Waals surface area contributed by atoms with E-state index >= 15 is 0 Å². The monoisotopic (exact) mass is 354 g/mol. The predicted molar refractivity (Wildman–Crippen MR) is 106 cm³/mol. The summed E-state index contributed by atoms with van der Waals surface area (Å²) < 4.78 is 0. The molecule has 0 fully saturated rings. The molecule has 0 atom stereocenters. The lowest BCUT2D eigenvalue weighted by atomic mass is 10.00. The van der Waals surface area contributed by atoms with E-state index in [4.69, 9.17) is 5.11 Å². The molecule has 0 saturated heterocycles. The molecule has 0 aliphatic heterocycles. The van der Waals surface area contributed by atoms with Gasteiger partial charge in [0.1, 0.15) is 0 Å². The molecule has 0 amide bonds. The third kappa shape index (κ3) is 4.86. The fourth-order valence-corrected chi connectivity index (χ4v) is 2.57. The molecule has 27 heavy (non-hydrogen) atoms. The minimum absolute atomic E-state index is 0.337. The molecule has 0 aliphatic rings. The van der Waals surface area contributed by atoms with E-state index in [1.165, 1.54) is 0 Å². The van der Waals surface area contributed by atoms with Crippen molar-refractivity contribution in [2.24, 2.45) is 0 Å². The molecule has 0 unspecified atom stereocenters. The van der Waals surface area contributed by atoms with Crippen LogP contribution in [0.5, 0.6) is 0 Å². The van der Waals surface area contributed by atoms with Crippen LogP contribution in [0.2, 0.25) is 0 Å². The van der Waals surface area contributed by atoms with E-state index in [1.54, 1.807) is 24.5 Å². The van der Waals surface area contributed by atoms with Crippen LogP contribution in [0.15, 0.2) is 103 Å². The molecule has 1 aromatic heterocycles. The Labute approximate surface area is 157 Å². The normalized spacial score (nSPS) is 9.78. The van der Waals surface area contributed by atoms with E-state index in [-0.39, 0.29) is 0 Å². The Morgan fingerprint density at radius 3 is 1.74 bits per heavy atom. The largest absolute Gasteiger partial charge is 0.478 e. The maximum Gasteiger partial charge on any atom is 0.336 e. The van der Waals surface area contributed by atoms with Crippen LogP contribution < -0.4 is 0 Å². The molecule has 0 bridgehead atoms. The second-order valence-corrected chi connectivity index (χ2v) is 5.66. The average Bonchev–Trinajstić information content (AvgIpc) is 2.76. The second-order valence-electron chi connectivity index (χ2n) is 5.66. The van der Waals surface area contributed by atoms with Crippen LogP contribution in [0.3, 0.4) is 0 Å². The van der Waals surface area contributed by atoms with Crippen molar-refractivity contribution >= 4 is 5.97 Å². The van der Waals surface area contributed by atoms with Crippen LogP contribution in [0.1, 0.15) is 10.4 Å².